The number of halogens is 1. The maximum Gasteiger partial charge on any atom is 0.244 e. The van der Waals surface area contributed by atoms with Crippen molar-refractivity contribution in [2.45, 2.75) is 38.2 Å². The summed E-state index contributed by atoms with van der Waals surface area (Å²) in [6.45, 7) is 6.65. The lowest BCUT2D eigenvalue weighted by molar-refractivity contribution is 0.177. The molecule has 0 amide bonds. The van der Waals surface area contributed by atoms with Crippen LogP contribution < -0.4 is 5.32 Å². The Kier molecular flexibility index (Phi) is 7.05. The van der Waals surface area contributed by atoms with E-state index in [1.165, 1.54) is 23.6 Å². The third kappa shape index (κ3) is 5.39. The topological polar surface area (TPSA) is 82.5 Å². The first kappa shape index (κ1) is 19.2. The normalized spacial score (nSPS) is 13.6. The lowest BCUT2D eigenvalue weighted by Gasteiger charge is -2.18. The van der Waals surface area contributed by atoms with Crippen LogP contribution in [-0.4, -0.2) is 49.1 Å². The first-order valence-electron chi connectivity index (χ1n) is 7.18. The molecule has 0 saturated carbocycles. The molecule has 0 unspecified atom stereocenters. The van der Waals surface area contributed by atoms with Gasteiger partial charge in [0.05, 0.1) is 11.1 Å². The second-order valence-corrected chi connectivity index (χ2v) is 8.19. The fourth-order valence-electron chi connectivity index (χ4n) is 1.66. The van der Waals surface area contributed by atoms with E-state index in [1.54, 1.807) is 6.92 Å². The van der Waals surface area contributed by atoms with Gasteiger partial charge in [-0.1, -0.05) is 25.4 Å². The van der Waals surface area contributed by atoms with Crippen molar-refractivity contribution in [1.82, 2.24) is 9.29 Å². The monoisotopic (exact) mass is 349 g/mol. The lowest BCUT2D eigenvalue weighted by atomic mass is 10.2. The Hall–Kier alpha value is -0.890. The number of rotatable bonds is 8. The highest BCUT2D eigenvalue weighted by Gasteiger charge is 2.22. The van der Waals surface area contributed by atoms with Gasteiger partial charge in [-0.25, -0.2) is 17.7 Å². The van der Waals surface area contributed by atoms with Gasteiger partial charge in [0.1, 0.15) is 10.7 Å². The molecule has 8 heteroatoms. The van der Waals surface area contributed by atoms with Crippen LogP contribution in [0.1, 0.15) is 27.2 Å². The number of hydrogen-bond acceptors (Lipinski definition) is 5. The molecule has 0 aliphatic rings. The summed E-state index contributed by atoms with van der Waals surface area (Å²) in [6.07, 6.45) is 1.11. The quantitative estimate of drug-likeness (QED) is 0.751. The van der Waals surface area contributed by atoms with Crippen LogP contribution >= 0.6 is 11.6 Å². The molecule has 0 aliphatic carbocycles. The average molecular weight is 350 g/mol. The molecule has 1 atom stereocenters. The zero-order valence-electron chi connectivity index (χ0n) is 13.4. The predicted molar refractivity (Wildman–Crippen MR) is 88.7 cm³/mol. The van der Waals surface area contributed by atoms with Crippen molar-refractivity contribution >= 4 is 27.4 Å². The maximum absolute atomic E-state index is 12.4. The number of aliphatic hydroxyl groups is 1. The van der Waals surface area contributed by atoms with Gasteiger partial charge >= 0.3 is 0 Å². The van der Waals surface area contributed by atoms with Gasteiger partial charge in [-0.3, -0.25) is 0 Å². The average Bonchev–Trinajstić information content (AvgIpc) is 2.42. The number of anilines is 1. The van der Waals surface area contributed by atoms with Crippen molar-refractivity contribution in [2.24, 2.45) is 5.92 Å². The molecule has 0 bridgehead atoms. The summed E-state index contributed by atoms with van der Waals surface area (Å²) in [4.78, 5) is 4.14. The standard InChI is InChI=1S/C14H24ClN3O3S/c1-10(2)8-16-14-13(15)7-12(9-17-14)22(20,21)18(4)6-5-11(3)19/h7,9-11,19H,5-6,8H2,1-4H3,(H,16,17)/t11-/m0/s1. The molecule has 2 N–H and O–H groups in total. The van der Waals surface area contributed by atoms with Crippen LogP contribution in [0, 0.1) is 5.92 Å². The minimum Gasteiger partial charge on any atom is -0.393 e. The van der Waals surface area contributed by atoms with E-state index in [0.717, 1.165) is 0 Å². The Labute approximate surface area is 137 Å². The van der Waals surface area contributed by atoms with Crippen LogP contribution in [0.4, 0.5) is 5.82 Å². The summed E-state index contributed by atoms with van der Waals surface area (Å²) in [6, 6.07) is 1.39. The molecule has 1 aromatic rings. The van der Waals surface area contributed by atoms with Gasteiger partial charge in [-0.05, 0) is 25.3 Å². The molecular weight excluding hydrogens is 326 g/mol. The van der Waals surface area contributed by atoms with E-state index in [9.17, 15) is 13.5 Å². The molecule has 1 aromatic heterocycles. The number of aromatic nitrogens is 1. The number of sulfonamides is 1. The SMILES string of the molecule is CC(C)CNc1ncc(S(=O)(=O)N(C)CC[C@H](C)O)cc1Cl. The van der Waals surface area contributed by atoms with Gasteiger partial charge in [-0.2, -0.15) is 0 Å². The Morgan fingerprint density at radius 3 is 2.55 bits per heavy atom. The van der Waals surface area contributed by atoms with E-state index in [2.05, 4.69) is 24.1 Å². The predicted octanol–water partition coefficient (Wildman–Crippen LogP) is 2.19. The van der Waals surface area contributed by atoms with E-state index in [0.29, 0.717) is 24.7 Å². The highest BCUT2D eigenvalue weighted by atomic mass is 35.5. The number of pyridine rings is 1. The Bertz CT molecular complexity index is 591. The third-order valence-electron chi connectivity index (χ3n) is 3.06. The largest absolute Gasteiger partial charge is 0.393 e. The van der Waals surface area contributed by atoms with Crippen molar-refractivity contribution in [1.29, 1.82) is 0 Å². The maximum atomic E-state index is 12.4. The number of nitrogens with one attached hydrogen (secondary N) is 1. The minimum atomic E-state index is -3.66. The molecule has 126 valence electrons. The first-order chi connectivity index (χ1) is 10.1. The zero-order chi connectivity index (χ0) is 16.9. The molecule has 0 aliphatic heterocycles. The molecule has 1 rings (SSSR count). The van der Waals surface area contributed by atoms with Crippen molar-refractivity contribution in [3.05, 3.63) is 17.3 Å². The molecule has 22 heavy (non-hydrogen) atoms. The molecule has 0 spiro atoms. The third-order valence-corrected chi connectivity index (χ3v) is 5.17. The lowest BCUT2D eigenvalue weighted by Crippen LogP contribution is -2.29. The number of nitrogens with zero attached hydrogens (tertiary/aromatic N) is 2. The Morgan fingerprint density at radius 2 is 2.05 bits per heavy atom. The summed E-state index contributed by atoms with van der Waals surface area (Å²) in [5, 5.41) is 12.6. The number of aliphatic hydroxyl groups excluding tert-OH is 1. The second kappa shape index (κ2) is 8.10. The van der Waals surface area contributed by atoms with Crippen LogP contribution in [0.15, 0.2) is 17.2 Å². The Balaban J connectivity index is 2.89. The summed E-state index contributed by atoms with van der Waals surface area (Å²) in [5.74, 6) is 0.897. The molecule has 0 aromatic carbocycles. The van der Waals surface area contributed by atoms with Crippen LogP contribution in [0.2, 0.25) is 5.02 Å². The van der Waals surface area contributed by atoms with Crippen LogP contribution in [0.25, 0.3) is 0 Å². The highest BCUT2D eigenvalue weighted by Crippen LogP contribution is 2.24. The molecule has 6 nitrogen and oxygen atoms in total. The van der Waals surface area contributed by atoms with Gasteiger partial charge < -0.3 is 10.4 Å². The van der Waals surface area contributed by atoms with Gasteiger partial charge in [0.2, 0.25) is 10.0 Å². The zero-order valence-corrected chi connectivity index (χ0v) is 14.9. The second-order valence-electron chi connectivity index (χ2n) is 5.74. The first-order valence-corrected chi connectivity index (χ1v) is 9.00. The van der Waals surface area contributed by atoms with Crippen LogP contribution in [-0.2, 0) is 10.0 Å². The van der Waals surface area contributed by atoms with E-state index < -0.39 is 16.1 Å². The molecule has 0 saturated heterocycles. The fraction of sp³-hybridized carbons (Fsp3) is 0.643. The van der Waals surface area contributed by atoms with Crippen molar-refractivity contribution < 1.29 is 13.5 Å². The summed E-state index contributed by atoms with van der Waals surface area (Å²) in [7, 11) is -2.19. The van der Waals surface area contributed by atoms with Gasteiger partial charge in [-0.15, -0.1) is 0 Å². The van der Waals surface area contributed by atoms with E-state index in [1.807, 2.05) is 0 Å². The van der Waals surface area contributed by atoms with E-state index in [-0.39, 0.29) is 16.5 Å². The van der Waals surface area contributed by atoms with Crippen molar-refractivity contribution in [2.75, 3.05) is 25.5 Å². The van der Waals surface area contributed by atoms with Crippen LogP contribution in [0.5, 0.6) is 0 Å². The number of hydrogen-bond donors (Lipinski definition) is 2. The molecule has 0 fully saturated rings. The smallest absolute Gasteiger partial charge is 0.244 e. The van der Waals surface area contributed by atoms with Crippen LogP contribution in [0.3, 0.4) is 0 Å². The van der Waals surface area contributed by atoms with E-state index in [4.69, 9.17) is 11.6 Å². The van der Waals surface area contributed by atoms with Crippen molar-refractivity contribution in [3.8, 4) is 0 Å². The fourth-order valence-corrected chi connectivity index (χ4v) is 3.12. The highest BCUT2D eigenvalue weighted by molar-refractivity contribution is 7.89. The summed E-state index contributed by atoms with van der Waals surface area (Å²) >= 11 is 6.10. The summed E-state index contributed by atoms with van der Waals surface area (Å²) < 4.78 is 26.0. The van der Waals surface area contributed by atoms with Gasteiger partial charge in [0.15, 0.2) is 0 Å². The minimum absolute atomic E-state index is 0.0423. The summed E-state index contributed by atoms with van der Waals surface area (Å²) in [5.41, 5.74) is 0. The van der Waals surface area contributed by atoms with Crippen molar-refractivity contribution in [3.63, 3.8) is 0 Å². The van der Waals surface area contributed by atoms with E-state index >= 15 is 0 Å². The Morgan fingerprint density at radius 1 is 1.41 bits per heavy atom. The van der Waals surface area contributed by atoms with Gasteiger partial charge in [0, 0.05) is 26.3 Å². The molecular formula is C14H24ClN3O3S. The molecule has 1 heterocycles. The molecule has 0 radical (unpaired) electrons. The van der Waals surface area contributed by atoms with Gasteiger partial charge in [0.25, 0.3) is 0 Å².